The lowest BCUT2D eigenvalue weighted by Gasteiger charge is -2.14. The SMILES string of the molecule is Cc1cccc(C(=O)Nc2ccc(S(=O)(=O)Nc3ccc(O[11CH3])cc3)c3ccccc23)c1. The Morgan fingerprint density at radius 1 is 0.844 bits per heavy atom. The van der Waals surface area contributed by atoms with Gasteiger partial charge in [0.05, 0.1) is 12.0 Å². The van der Waals surface area contributed by atoms with Gasteiger partial charge >= 0.3 is 0 Å². The topological polar surface area (TPSA) is 84.5 Å². The molecule has 0 unspecified atom stereocenters. The average molecular weight is 446 g/mol. The van der Waals surface area contributed by atoms with E-state index in [4.69, 9.17) is 4.74 Å². The highest BCUT2D eigenvalue weighted by molar-refractivity contribution is 7.93. The van der Waals surface area contributed by atoms with Crippen LogP contribution in [0.1, 0.15) is 15.9 Å². The first-order chi connectivity index (χ1) is 15.4. The third-order valence-electron chi connectivity index (χ3n) is 5.04. The molecule has 0 saturated heterocycles. The Kier molecular flexibility index (Phi) is 5.83. The highest BCUT2D eigenvalue weighted by Gasteiger charge is 2.20. The standard InChI is InChI=1S/C25H22N2O4S/c1-17-6-5-7-18(16-17)25(28)26-23-14-15-24(22-9-4-3-8-21(22)23)32(29,30)27-19-10-12-20(31-2)13-11-19/h3-16,27H,1-2H3,(H,26,28)/i2-1. The zero-order chi connectivity index (χ0) is 22.7. The summed E-state index contributed by atoms with van der Waals surface area (Å²) >= 11 is 0. The maximum atomic E-state index is 13.1. The largest absolute Gasteiger partial charge is 0.497 e. The van der Waals surface area contributed by atoms with E-state index in [-0.39, 0.29) is 10.8 Å². The van der Waals surface area contributed by atoms with E-state index in [1.165, 1.54) is 6.07 Å². The number of methoxy groups -OCH3 is 1. The summed E-state index contributed by atoms with van der Waals surface area (Å²) in [7, 11) is -2.32. The minimum Gasteiger partial charge on any atom is -0.497 e. The molecule has 4 aromatic rings. The van der Waals surface area contributed by atoms with Gasteiger partial charge in [0.2, 0.25) is 0 Å². The highest BCUT2D eigenvalue weighted by atomic mass is 32.2. The Balaban J connectivity index is 1.69. The molecule has 0 saturated carbocycles. The van der Waals surface area contributed by atoms with Crippen LogP contribution in [0.15, 0.2) is 89.8 Å². The second kappa shape index (κ2) is 8.72. The van der Waals surface area contributed by atoms with E-state index in [2.05, 4.69) is 10.0 Å². The van der Waals surface area contributed by atoms with Crippen molar-refractivity contribution in [2.45, 2.75) is 11.8 Å². The van der Waals surface area contributed by atoms with Crippen LogP contribution in [0.25, 0.3) is 10.8 Å². The molecule has 1 amide bonds. The van der Waals surface area contributed by atoms with Gasteiger partial charge in [-0.3, -0.25) is 9.52 Å². The first kappa shape index (κ1) is 21.4. The number of aryl methyl sites for hydroxylation is 1. The normalized spacial score (nSPS) is 11.2. The van der Waals surface area contributed by atoms with Crippen LogP contribution in [0.3, 0.4) is 0 Å². The zero-order valence-corrected chi connectivity index (χ0v) is 18.4. The maximum absolute atomic E-state index is 13.1. The lowest BCUT2D eigenvalue weighted by atomic mass is 10.1. The molecule has 0 radical (unpaired) electrons. The van der Waals surface area contributed by atoms with Gasteiger partial charge in [-0.05, 0) is 55.5 Å². The van der Waals surface area contributed by atoms with Crippen LogP contribution in [0.2, 0.25) is 0 Å². The van der Waals surface area contributed by atoms with Crippen molar-refractivity contribution >= 4 is 38.1 Å². The predicted octanol–water partition coefficient (Wildman–Crippen LogP) is 5.21. The number of hydrogen-bond acceptors (Lipinski definition) is 4. The molecule has 4 aromatic carbocycles. The molecule has 4 rings (SSSR count). The molecule has 6 nitrogen and oxygen atoms in total. The van der Waals surface area contributed by atoms with Crippen LogP contribution in [-0.2, 0) is 10.0 Å². The van der Waals surface area contributed by atoms with Gasteiger partial charge in [-0.1, -0.05) is 42.0 Å². The molecular weight excluding hydrogens is 423 g/mol. The molecule has 0 aliphatic rings. The number of hydrogen-bond donors (Lipinski definition) is 2. The molecule has 7 heteroatoms. The van der Waals surface area contributed by atoms with Gasteiger partial charge in [0.15, 0.2) is 0 Å². The number of nitrogens with one attached hydrogen (secondary N) is 2. The fourth-order valence-electron chi connectivity index (χ4n) is 3.46. The van der Waals surface area contributed by atoms with E-state index < -0.39 is 10.0 Å². The van der Waals surface area contributed by atoms with Gasteiger partial charge in [-0.15, -0.1) is 0 Å². The van der Waals surface area contributed by atoms with Crippen molar-refractivity contribution < 1.29 is 17.9 Å². The molecule has 0 spiro atoms. The molecule has 0 fully saturated rings. The van der Waals surface area contributed by atoms with Crippen LogP contribution >= 0.6 is 0 Å². The molecule has 0 aromatic heterocycles. The molecule has 162 valence electrons. The maximum Gasteiger partial charge on any atom is 0.262 e. The number of anilines is 2. The van der Waals surface area contributed by atoms with Crippen molar-refractivity contribution in [2.75, 3.05) is 17.1 Å². The lowest BCUT2D eigenvalue weighted by Crippen LogP contribution is -2.15. The Morgan fingerprint density at radius 3 is 2.25 bits per heavy atom. The Bertz CT molecular complexity index is 1400. The van der Waals surface area contributed by atoms with E-state index in [9.17, 15) is 13.2 Å². The summed E-state index contributed by atoms with van der Waals surface area (Å²) in [5, 5.41) is 4.04. The van der Waals surface area contributed by atoms with E-state index in [0.717, 1.165) is 5.56 Å². The number of rotatable bonds is 6. The smallest absolute Gasteiger partial charge is 0.262 e. The van der Waals surface area contributed by atoms with Gasteiger partial charge in [0.1, 0.15) is 5.75 Å². The first-order valence-corrected chi connectivity index (χ1v) is 11.4. The van der Waals surface area contributed by atoms with Crippen molar-refractivity contribution in [1.29, 1.82) is 0 Å². The number of carbonyl (C=O) groups is 1. The van der Waals surface area contributed by atoms with E-state index in [1.807, 2.05) is 19.1 Å². The average Bonchev–Trinajstić information content (AvgIpc) is 2.79. The van der Waals surface area contributed by atoms with Crippen LogP contribution in [0.5, 0.6) is 5.75 Å². The number of benzene rings is 4. The fraction of sp³-hybridized carbons (Fsp3) is 0.0800. The number of ether oxygens (including phenoxy) is 1. The summed E-state index contributed by atoms with van der Waals surface area (Å²) < 4.78 is 34.0. The molecule has 0 heterocycles. The Hall–Kier alpha value is -3.84. The summed E-state index contributed by atoms with van der Waals surface area (Å²) in [6.07, 6.45) is 0. The Labute approximate surface area is 186 Å². The first-order valence-electron chi connectivity index (χ1n) is 9.94. The number of amides is 1. The summed E-state index contributed by atoms with van der Waals surface area (Å²) in [5.74, 6) is 0.373. The number of carbonyl (C=O) groups excluding carboxylic acids is 1. The molecule has 0 aliphatic carbocycles. The molecular formula is C25H22N2O4S. The fourth-order valence-corrected chi connectivity index (χ4v) is 4.74. The third-order valence-corrected chi connectivity index (χ3v) is 6.48. The van der Waals surface area contributed by atoms with Crippen LogP contribution < -0.4 is 14.8 Å². The lowest BCUT2D eigenvalue weighted by molar-refractivity contribution is 0.102. The predicted molar refractivity (Wildman–Crippen MR) is 127 cm³/mol. The number of fused-ring (bicyclic) bond motifs is 1. The van der Waals surface area contributed by atoms with Gasteiger partial charge in [0.25, 0.3) is 15.9 Å². The van der Waals surface area contributed by atoms with Crippen molar-refractivity contribution in [3.63, 3.8) is 0 Å². The second-order valence-electron chi connectivity index (χ2n) is 7.31. The van der Waals surface area contributed by atoms with Crippen molar-refractivity contribution in [3.8, 4) is 5.75 Å². The van der Waals surface area contributed by atoms with Gasteiger partial charge in [-0.2, -0.15) is 0 Å². The van der Waals surface area contributed by atoms with Crippen LogP contribution in [0.4, 0.5) is 11.4 Å². The summed E-state index contributed by atoms with van der Waals surface area (Å²) in [6, 6.07) is 24.1. The van der Waals surface area contributed by atoms with Crippen molar-refractivity contribution in [3.05, 3.63) is 96.1 Å². The zero-order valence-electron chi connectivity index (χ0n) is 17.6. The highest BCUT2D eigenvalue weighted by Crippen LogP contribution is 2.31. The Morgan fingerprint density at radius 2 is 1.56 bits per heavy atom. The summed E-state index contributed by atoms with van der Waals surface area (Å²) in [5.41, 5.74) is 2.47. The second-order valence-corrected chi connectivity index (χ2v) is 8.97. The van der Waals surface area contributed by atoms with E-state index in [1.54, 1.807) is 73.8 Å². The molecule has 0 aliphatic heterocycles. The third kappa shape index (κ3) is 4.43. The monoisotopic (exact) mass is 445 g/mol. The quantitative estimate of drug-likeness (QED) is 0.427. The van der Waals surface area contributed by atoms with Gasteiger partial charge < -0.3 is 10.1 Å². The van der Waals surface area contributed by atoms with E-state index in [0.29, 0.717) is 33.5 Å². The minimum atomic E-state index is -3.87. The van der Waals surface area contributed by atoms with Crippen LogP contribution in [0, 0.1) is 6.92 Å². The molecule has 0 atom stereocenters. The number of sulfonamides is 1. The molecule has 32 heavy (non-hydrogen) atoms. The van der Waals surface area contributed by atoms with Crippen LogP contribution in [-0.4, -0.2) is 21.4 Å². The van der Waals surface area contributed by atoms with Gasteiger partial charge in [-0.25, -0.2) is 8.42 Å². The summed E-state index contributed by atoms with van der Waals surface area (Å²) in [4.78, 5) is 12.9. The van der Waals surface area contributed by atoms with Gasteiger partial charge in [0, 0.05) is 27.7 Å². The van der Waals surface area contributed by atoms with Crippen molar-refractivity contribution in [1.82, 2.24) is 0 Å². The molecule has 0 bridgehead atoms. The minimum absolute atomic E-state index is 0.123. The van der Waals surface area contributed by atoms with Crippen molar-refractivity contribution in [2.24, 2.45) is 0 Å². The van der Waals surface area contributed by atoms with E-state index >= 15 is 0 Å². The summed E-state index contributed by atoms with van der Waals surface area (Å²) in [6.45, 7) is 1.92. The molecule has 2 N–H and O–H groups in total.